The Hall–Kier alpha value is -2.76. The van der Waals surface area contributed by atoms with Crippen LogP contribution in [0.1, 0.15) is 23.2 Å². The lowest BCUT2D eigenvalue weighted by Crippen LogP contribution is -2.30. The predicted octanol–water partition coefficient (Wildman–Crippen LogP) is 2.29. The number of methoxy groups -OCH3 is 2. The van der Waals surface area contributed by atoms with Crippen LogP contribution in [0, 0.1) is 0 Å². The van der Waals surface area contributed by atoms with Gasteiger partial charge in [-0.15, -0.1) is 0 Å². The highest BCUT2D eigenvalue weighted by Crippen LogP contribution is 2.32. The third-order valence-corrected chi connectivity index (χ3v) is 4.09. The summed E-state index contributed by atoms with van der Waals surface area (Å²) in [6, 6.07) is 9.14. The molecule has 0 radical (unpaired) electrons. The van der Waals surface area contributed by atoms with E-state index < -0.39 is 5.97 Å². The maximum atomic E-state index is 11.9. The Kier molecular flexibility index (Phi) is 4.55. The molecule has 1 aliphatic heterocycles. The molecule has 1 heterocycles. The third kappa shape index (κ3) is 3.13. The lowest BCUT2D eigenvalue weighted by molar-refractivity contribution is -0.119. The fourth-order valence-electron chi connectivity index (χ4n) is 2.83. The van der Waals surface area contributed by atoms with E-state index in [4.69, 9.17) is 14.2 Å². The maximum absolute atomic E-state index is 11.9. The second kappa shape index (κ2) is 6.78. The Labute approximate surface area is 139 Å². The molecule has 3 rings (SSSR count). The summed E-state index contributed by atoms with van der Waals surface area (Å²) in [5.41, 5.74) is 0.368. The van der Waals surface area contributed by atoms with Gasteiger partial charge in [0.25, 0.3) is 0 Å². The van der Waals surface area contributed by atoms with E-state index >= 15 is 0 Å². The molecule has 0 spiro atoms. The van der Waals surface area contributed by atoms with Crippen LogP contribution in [-0.4, -0.2) is 38.7 Å². The van der Waals surface area contributed by atoms with Crippen molar-refractivity contribution >= 4 is 22.6 Å². The van der Waals surface area contributed by atoms with E-state index in [2.05, 4.69) is 5.32 Å². The molecule has 126 valence electrons. The molecule has 0 unspecified atom stereocenters. The molecule has 1 fully saturated rings. The topological polar surface area (TPSA) is 73.9 Å². The zero-order valence-corrected chi connectivity index (χ0v) is 13.6. The van der Waals surface area contributed by atoms with Gasteiger partial charge in [-0.05, 0) is 30.0 Å². The van der Waals surface area contributed by atoms with Gasteiger partial charge in [-0.1, -0.05) is 12.1 Å². The van der Waals surface area contributed by atoms with Crippen LogP contribution in [0.5, 0.6) is 11.5 Å². The van der Waals surface area contributed by atoms with E-state index in [1.807, 2.05) is 18.2 Å². The van der Waals surface area contributed by atoms with Gasteiger partial charge in [0.1, 0.15) is 23.7 Å². The molecule has 1 aliphatic rings. The lowest BCUT2D eigenvalue weighted by atomic mass is 10.0. The number of rotatable bonds is 5. The van der Waals surface area contributed by atoms with Crippen molar-refractivity contribution in [3.05, 3.63) is 35.9 Å². The minimum absolute atomic E-state index is 0.0315. The molecule has 1 N–H and O–H groups in total. The summed E-state index contributed by atoms with van der Waals surface area (Å²) in [5.74, 6) is 0.725. The summed E-state index contributed by atoms with van der Waals surface area (Å²) in [4.78, 5) is 23.1. The zero-order valence-electron chi connectivity index (χ0n) is 13.6. The summed E-state index contributed by atoms with van der Waals surface area (Å²) >= 11 is 0. The molecule has 1 atom stereocenters. The Balaban J connectivity index is 1.91. The molecule has 1 saturated heterocycles. The molecule has 0 bridgehead atoms. The van der Waals surface area contributed by atoms with E-state index in [9.17, 15) is 9.59 Å². The van der Waals surface area contributed by atoms with Crippen LogP contribution in [0.25, 0.3) is 10.8 Å². The van der Waals surface area contributed by atoms with Crippen LogP contribution in [0.2, 0.25) is 0 Å². The molecule has 1 amide bonds. The number of benzene rings is 2. The number of carbonyl (C=O) groups is 2. The molecule has 2 aromatic rings. The molecule has 24 heavy (non-hydrogen) atoms. The smallest absolute Gasteiger partial charge is 0.341 e. The minimum Gasteiger partial charge on any atom is -0.496 e. The van der Waals surface area contributed by atoms with Crippen molar-refractivity contribution in [3.8, 4) is 11.5 Å². The number of hydrogen-bond acceptors (Lipinski definition) is 5. The van der Waals surface area contributed by atoms with Gasteiger partial charge in [-0.25, -0.2) is 4.79 Å². The van der Waals surface area contributed by atoms with Crippen molar-refractivity contribution < 1.29 is 23.8 Å². The van der Waals surface area contributed by atoms with E-state index in [0.717, 1.165) is 17.2 Å². The summed E-state index contributed by atoms with van der Waals surface area (Å²) < 4.78 is 16.0. The second-order valence-corrected chi connectivity index (χ2v) is 5.64. The van der Waals surface area contributed by atoms with E-state index in [1.165, 1.54) is 14.2 Å². The van der Waals surface area contributed by atoms with E-state index in [-0.39, 0.29) is 11.9 Å². The molecule has 0 aliphatic carbocycles. The number of esters is 1. The highest BCUT2D eigenvalue weighted by Gasteiger charge is 2.21. The largest absolute Gasteiger partial charge is 0.496 e. The molecular formula is C18H19NO5. The third-order valence-electron chi connectivity index (χ3n) is 4.09. The van der Waals surface area contributed by atoms with Gasteiger partial charge in [-0.2, -0.15) is 0 Å². The first-order valence-electron chi connectivity index (χ1n) is 7.73. The Morgan fingerprint density at radius 2 is 2.08 bits per heavy atom. The standard InChI is InChI=1S/C18H19NO5/c1-22-16-9-13-11(8-14(16)18(21)23-2)4-3-5-15(13)24-10-12-6-7-17(20)19-12/h3-5,8-9,12H,6-7,10H2,1-2H3,(H,19,20)/t12-/m0/s1. The summed E-state index contributed by atoms with van der Waals surface area (Å²) in [7, 11) is 2.84. The van der Waals surface area contributed by atoms with E-state index in [1.54, 1.807) is 12.1 Å². The average Bonchev–Trinajstić information content (AvgIpc) is 3.03. The fraction of sp³-hybridized carbons (Fsp3) is 0.333. The first-order valence-corrected chi connectivity index (χ1v) is 7.73. The monoisotopic (exact) mass is 329 g/mol. The lowest BCUT2D eigenvalue weighted by Gasteiger charge is -2.15. The van der Waals surface area contributed by atoms with Gasteiger partial charge in [0.15, 0.2) is 0 Å². The number of nitrogens with one attached hydrogen (secondary N) is 1. The van der Waals surface area contributed by atoms with Crippen LogP contribution in [0.4, 0.5) is 0 Å². The zero-order chi connectivity index (χ0) is 17.1. The number of ether oxygens (including phenoxy) is 3. The van der Waals surface area contributed by atoms with E-state index in [0.29, 0.717) is 30.1 Å². The quantitative estimate of drug-likeness (QED) is 0.852. The first kappa shape index (κ1) is 16.1. The Bertz CT molecular complexity index is 786. The molecular weight excluding hydrogens is 310 g/mol. The molecule has 0 aromatic heterocycles. The van der Waals surface area contributed by atoms with Crippen LogP contribution in [0.3, 0.4) is 0 Å². The second-order valence-electron chi connectivity index (χ2n) is 5.64. The van der Waals surface area contributed by atoms with Crippen molar-refractivity contribution in [2.45, 2.75) is 18.9 Å². The van der Waals surface area contributed by atoms with Crippen LogP contribution >= 0.6 is 0 Å². The molecule has 6 heteroatoms. The highest BCUT2D eigenvalue weighted by atomic mass is 16.5. The SMILES string of the molecule is COC(=O)c1cc2cccc(OC[C@@H]3CCC(=O)N3)c2cc1OC. The number of fused-ring (bicyclic) bond motifs is 1. The normalized spacial score (nSPS) is 16.8. The van der Waals surface area contributed by atoms with Crippen molar-refractivity contribution in [1.29, 1.82) is 0 Å². The van der Waals surface area contributed by atoms with Crippen molar-refractivity contribution in [2.24, 2.45) is 0 Å². The Morgan fingerprint density at radius 1 is 1.25 bits per heavy atom. The fourth-order valence-corrected chi connectivity index (χ4v) is 2.83. The average molecular weight is 329 g/mol. The molecule has 6 nitrogen and oxygen atoms in total. The first-order chi connectivity index (χ1) is 11.6. The predicted molar refractivity (Wildman–Crippen MR) is 88.5 cm³/mol. The minimum atomic E-state index is -0.450. The van der Waals surface area contributed by atoms with Crippen molar-refractivity contribution in [2.75, 3.05) is 20.8 Å². The van der Waals surface area contributed by atoms with Crippen molar-refractivity contribution in [1.82, 2.24) is 5.32 Å². The number of amides is 1. The number of hydrogen-bond donors (Lipinski definition) is 1. The van der Waals surface area contributed by atoms with Gasteiger partial charge in [0, 0.05) is 11.8 Å². The molecule has 2 aromatic carbocycles. The number of carbonyl (C=O) groups excluding carboxylic acids is 2. The summed E-state index contributed by atoms with van der Waals surface area (Å²) in [6.07, 6.45) is 1.32. The Morgan fingerprint density at radius 3 is 2.75 bits per heavy atom. The summed E-state index contributed by atoms with van der Waals surface area (Å²) in [6.45, 7) is 0.409. The van der Waals surface area contributed by atoms with Gasteiger partial charge < -0.3 is 19.5 Å². The maximum Gasteiger partial charge on any atom is 0.341 e. The molecule has 0 saturated carbocycles. The van der Waals surface area contributed by atoms with Crippen molar-refractivity contribution in [3.63, 3.8) is 0 Å². The van der Waals surface area contributed by atoms with Gasteiger partial charge in [-0.3, -0.25) is 4.79 Å². The summed E-state index contributed by atoms with van der Waals surface area (Å²) in [5, 5.41) is 4.57. The van der Waals surface area contributed by atoms with Gasteiger partial charge >= 0.3 is 5.97 Å². The van der Waals surface area contributed by atoms with Gasteiger partial charge in [0.05, 0.1) is 20.3 Å². The van der Waals surface area contributed by atoms with Crippen LogP contribution < -0.4 is 14.8 Å². The van der Waals surface area contributed by atoms with Crippen LogP contribution in [0.15, 0.2) is 30.3 Å². The van der Waals surface area contributed by atoms with Gasteiger partial charge in [0.2, 0.25) is 5.91 Å². The highest BCUT2D eigenvalue weighted by molar-refractivity contribution is 6.00. The van der Waals surface area contributed by atoms with Crippen LogP contribution in [-0.2, 0) is 9.53 Å².